The van der Waals surface area contributed by atoms with Crippen LogP contribution in [0.15, 0.2) is 18.7 Å². The summed E-state index contributed by atoms with van der Waals surface area (Å²) in [6.07, 6.45) is 5.48. The first kappa shape index (κ1) is 7.57. The first-order chi connectivity index (χ1) is 4.93. The third-order valence-electron chi connectivity index (χ3n) is 0.980. The highest BCUT2D eigenvalue weighted by Crippen LogP contribution is 2.08. The van der Waals surface area contributed by atoms with Crippen LogP contribution in [0, 0.1) is 0 Å². The zero-order valence-electron chi connectivity index (χ0n) is 5.46. The van der Waals surface area contributed by atoms with Crippen LogP contribution < -0.4 is 0 Å². The van der Waals surface area contributed by atoms with E-state index in [0.717, 1.165) is 6.61 Å². The smallest absolute Gasteiger partial charge is 0.0944 e. The zero-order chi connectivity index (χ0) is 7.23. The Hall–Kier alpha value is -0.540. The van der Waals surface area contributed by atoms with Crippen LogP contribution in [0.25, 0.3) is 0 Å². The molecule has 1 aliphatic rings. The lowest BCUT2D eigenvalue weighted by atomic mass is 10.6. The highest BCUT2D eigenvalue weighted by molar-refractivity contribution is 6.18. The van der Waals surface area contributed by atoms with Crippen molar-refractivity contribution in [2.75, 3.05) is 12.5 Å². The number of rotatable bonds is 1. The highest BCUT2D eigenvalue weighted by Gasteiger charge is 2.19. The van der Waals surface area contributed by atoms with Crippen LogP contribution in [0.2, 0.25) is 0 Å². The Kier molecular flexibility index (Phi) is 3.26. The van der Waals surface area contributed by atoms with Crippen molar-refractivity contribution in [3.05, 3.63) is 18.7 Å². The molecule has 0 aliphatic carbocycles. The van der Waals surface area contributed by atoms with E-state index in [-0.39, 0.29) is 0 Å². The molecule has 1 aromatic rings. The van der Waals surface area contributed by atoms with Gasteiger partial charge < -0.3 is 9.72 Å². The number of nitrogens with one attached hydrogen (secondary N) is 1. The highest BCUT2D eigenvalue weighted by atomic mass is 35.5. The van der Waals surface area contributed by atoms with Gasteiger partial charge in [0.2, 0.25) is 0 Å². The number of epoxide rings is 1. The Bertz CT molecular complexity index is 134. The van der Waals surface area contributed by atoms with E-state index in [2.05, 4.69) is 9.97 Å². The Labute approximate surface area is 64.4 Å². The molecule has 10 heavy (non-hydrogen) atoms. The minimum Gasteiger partial charge on any atom is -0.372 e. The monoisotopic (exact) mass is 160 g/mol. The standard InChI is InChI=1S/C3H5ClO.C3H4N2/c4-1-3-2-5-3;1-2-5-3-4-1/h3H,1-2H2;1-3H,(H,4,5). The molecule has 0 saturated carbocycles. The third kappa shape index (κ3) is 3.48. The van der Waals surface area contributed by atoms with Gasteiger partial charge in [-0.2, -0.15) is 0 Å². The number of nitrogens with zero attached hydrogens (tertiary/aromatic N) is 1. The van der Waals surface area contributed by atoms with Gasteiger partial charge in [-0.15, -0.1) is 11.6 Å². The summed E-state index contributed by atoms with van der Waals surface area (Å²) in [6.45, 7) is 0.878. The number of aromatic nitrogens is 2. The number of hydrogen-bond donors (Lipinski definition) is 1. The minimum atomic E-state index is 0.400. The molecule has 2 rings (SSSR count). The molecule has 1 aliphatic heterocycles. The van der Waals surface area contributed by atoms with Crippen LogP contribution in [0.5, 0.6) is 0 Å². The number of ether oxygens (including phenoxy) is 1. The summed E-state index contributed by atoms with van der Waals surface area (Å²) in [5, 5.41) is 0. The van der Waals surface area contributed by atoms with Crippen LogP contribution in [0.3, 0.4) is 0 Å². The summed E-state index contributed by atoms with van der Waals surface area (Å²) >= 11 is 5.27. The van der Waals surface area contributed by atoms with Crippen molar-refractivity contribution in [2.45, 2.75) is 6.10 Å². The molecule has 1 N–H and O–H groups in total. The quantitative estimate of drug-likeness (QED) is 0.493. The number of aromatic amines is 1. The van der Waals surface area contributed by atoms with Gasteiger partial charge in [-0.3, -0.25) is 0 Å². The fourth-order valence-corrected chi connectivity index (χ4v) is 0.550. The van der Waals surface area contributed by atoms with Gasteiger partial charge in [-0.25, -0.2) is 4.98 Å². The molecule has 1 fully saturated rings. The van der Waals surface area contributed by atoms with Crippen LogP contribution in [0.1, 0.15) is 0 Å². The van der Waals surface area contributed by atoms with E-state index in [1.807, 2.05) is 0 Å². The lowest BCUT2D eigenvalue weighted by molar-refractivity contribution is 0.425. The van der Waals surface area contributed by atoms with E-state index in [1.165, 1.54) is 0 Å². The van der Waals surface area contributed by atoms with E-state index in [1.54, 1.807) is 18.7 Å². The van der Waals surface area contributed by atoms with Gasteiger partial charge in [0, 0.05) is 12.4 Å². The summed E-state index contributed by atoms with van der Waals surface area (Å²) in [5.74, 6) is 0.667. The summed E-state index contributed by atoms with van der Waals surface area (Å²) in [5.41, 5.74) is 0. The van der Waals surface area contributed by atoms with Crippen molar-refractivity contribution in [3.8, 4) is 0 Å². The topological polar surface area (TPSA) is 41.2 Å². The van der Waals surface area contributed by atoms with Crippen LogP contribution >= 0.6 is 11.6 Å². The molecule has 1 saturated heterocycles. The molecule has 3 nitrogen and oxygen atoms in total. The summed E-state index contributed by atoms with van der Waals surface area (Å²) in [6, 6.07) is 0. The van der Waals surface area contributed by atoms with E-state index >= 15 is 0 Å². The SMILES string of the molecule is ClCC1CO1.c1c[nH]cn1. The third-order valence-corrected chi connectivity index (χ3v) is 1.32. The van der Waals surface area contributed by atoms with E-state index < -0.39 is 0 Å². The molecule has 56 valence electrons. The van der Waals surface area contributed by atoms with Gasteiger partial charge in [-0.05, 0) is 0 Å². The van der Waals surface area contributed by atoms with Crippen molar-refractivity contribution in [1.29, 1.82) is 0 Å². The molecule has 0 radical (unpaired) electrons. The second-order valence-corrected chi connectivity index (χ2v) is 2.18. The molecule has 0 aromatic carbocycles. The fourth-order valence-electron chi connectivity index (χ4n) is 0.372. The lowest BCUT2D eigenvalue weighted by Gasteiger charge is -1.67. The molecule has 2 heterocycles. The molecule has 0 spiro atoms. The second kappa shape index (κ2) is 4.30. The van der Waals surface area contributed by atoms with Gasteiger partial charge in [0.1, 0.15) is 0 Å². The minimum absolute atomic E-state index is 0.400. The van der Waals surface area contributed by atoms with Crippen molar-refractivity contribution < 1.29 is 4.74 Å². The van der Waals surface area contributed by atoms with Gasteiger partial charge in [-0.1, -0.05) is 0 Å². The molecular weight excluding hydrogens is 152 g/mol. The molecule has 1 unspecified atom stereocenters. The maximum Gasteiger partial charge on any atom is 0.0944 e. The lowest BCUT2D eigenvalue weighted by Crippen LogP contribution is -1.80. The number of H-pyrrole nitrogens is 1. The molecular formula is C6H9ClN2O. The van der Waals surface area contributed by atoms with Gasteiger partial charge in [0.15, 0.2) is 0 Å². The number of imidazole rings is 1. The number of hydrogen-bond acceptors (Lipinski definition) is 2. The number of alkyl halides is 1. The number of halogens is 1. The van der Waals surface area contributed by atoms with Gasteiger partial charge in [0.25, 0.3) is 0 Å². The van der Waals surface area contributed by atoms with Crippen LogP contribution in [-0.4, -0.2) is 28.6 Å². The van der Waals surface area contributed by atoms with Crippen molar-refractivity contribution in [3.63, 3.8) is 0 Å². The predicted molar refractivity (Wildman–Crippen MR) is 39.0 cm³/mol. The Morgan fingerprint density at radius 2 is 2.60 bits per heavy atom. The molecule has 1 atom stereocenters. The Morgan fingerprint density at radius 3 is 2.70 bits per heavy atom. The first-order valence-electron chi connectivity index (χ1n) is 3.04. The Balaban J connectivity index is 0.0000001000. The average Bonchev–Trinajstić information content (AvgIpc) is 2.63. The molecule has 4 heteroatoms. The van der Waals surface area contributed by atoms with Crippen LogP contribution in [0.4, 0.5) is 0 Å². The van der Waals surface area contributed by atoms with Crippen molar-refractivity contribution in [2.24, 2.45) is 0 Å². The second-order valence-electron chi connectivity index (χ2n) is 1.87. The molecule has 0 amide bonds. The zero-order valence-corrected chi connectivity index (χ0v) is 6.21. The van der Waals surface area contributed by atoms with E-state index in [0.29, 0.717) is 12.0 Å². The van der Waals surface area contributed by atoms with Crippen LogP contribution in [-0.2, 0) is 4.74 Å². The molecule has 1 aromatic heterocycles. The average molecular weight is 161 g/mol. The van der Waals surface area contributed by atoms with E-state index in [9.17, 15) is 0 Å². The summed E-state index contributed by atoms with van der Waals surface area (Å²) in [7, 11) is 0. The normalized spacial score (nSPS) is 21.1. The summed E-state index contributed by atoms with van der Waals surface area (Å²) in [4.78, 5) is 6.42. The first-order valence-corrected chi connectivity index (χ1v) is 3.57. The largest absolute Gasteiger partial charge is 0.372 e. The van der Waals surface area contributed by atoms with Crippen molar-refractivity contribution >= 4 is 11.6 Å². The maximum atomic E-state index is 5.27. The van der Waals surface area contributed by atoms with Gasteiger partial charge >= 0.3 is 0 Å². The maximum absolute atomic E-state index is 5.27. The summed E-state index contributed by atoms with van der Waals surface area (Å²) < 4.78 is 4.73. The van der Waals surface area contributed by atoms with E-state index in [4.69, 9.17) is 16.3 Å². The fraction of sp³-hybridized carbons (Fsp3) is 0.500. The van der Waals surface area contributed by atoms with Crippen molar-refractivity contribution in [1.82, 2.24) is 9.97 Å². The van der Waals surface area contributed by atoms with Gasteiger partial charge in [0.05, 0.1) is 24.9 Å². The Morgan fingerprint density at radius 1 is 1.80 bits per heavy atom. The molecule has 0 bridgehead atoms. The predicted octanol–water partition coefficient (Wildman–Crippen LogP) is 1.03.